The molecule has 3 aromatic rings. The van der Waals surface area contributed by atoms with Crippen molar-refractivity contribution in [3.8, 4) is 17.5 Å². The largest absolute Gasteiger partial charge is 0.419 e. The van der Waals surface area contributed by atoms with E-state index < -0.39 is 10.0 Å². The van der Waals surface area contributed by atoms with E-state index in [1.165, 1.54) is 16.4 Å². The number of ether oxygens (including phenoxy) is 1. The number of benzene rings is 2. The fourth-order valence-corrected chi connectivity index (χ4v) is 4.75. The Hall–Kier alpha value is -3.19. The highest BCUT2D eigenvalue weighted by atomic mass is 32.2. The van der Waals surface area contributed by atoms with E-state index in [0.29, 0.717) is 31.9 Å². The van der Waals surface area contributed by atoms with Gasteiger partial charge in [-0.3, -0.25) is 0 Å². The second-order valence-corrected chi connectivity index (χ2v) is 9.06. The standard InChI is InChI=1S/C22H22N4O4S/c1-16(17-5-3-2-4-6-17)24-22-20(15-23)25-21(30-22)18-7-9-19(10-8-18)31(27,28)26-11-13-29-14-12-26/h2-10,16,24H,11-14H2,1H3/t16-/m0/s1. The first-order chi connectivity index (χ1) is 15.0. The summed E-state index contributed by atoms with van der Waals surface area (Å²) >= 11 is 0. The van der Waals surface area contributed by atoms with Crippen LogP contribution in [0.3, 0.4) is 0 Å². The van der Waals surface area contributed by atoms with Crippen molar-refractivity contribution in [2.45, 2.75) is 17.9 Å². The minimum absolute atomic E-state index is 0.0878. The molecule has 9 heteroatoms. The van der Waals surface area contributed by atoms with Gasteiger partial charge in [0.15, 0.2) is 0 Å². The van der Waals surface area contributed by atoms with Gasteiger partial charge in [0, 0.05) is 18.7 Å². The lowest BCUT2D eigenvalue weighted by atomic mass is 10.1. The van der Waals surface area contributed by atoms with Crippen molar-refractivity contribution in [2.75, 3.05) is 31.6 Å². The molecule has 0 saturated carbocycles. The SMILES string of the molecule is C[C@H](Nc1oc(-c2ccc(S(=O)(=O)N3CCOCC3)cc2)nc1C#N)c1ccccc1. The number of nitrogens with zero attached hydrogens (tertiary/aromatic N) is 3. The Balaban J connectivity index is 1.55. The van der Waals surface area contributed by atoms with Crippen LogP contribution >= 0.6 is 0 Å². The summed E-state index contributed by atoms with van der Waals surface area (Å²) in [6.07, 6.45) is 0. The maximum atomic E-state index is 12.8. The third-order valence-corrected chi connectivity index (χ3v) is 7.00. The van der Waals surface area contributed by atoms with Crippen molar-refractivity contribution in [2.24, 2.45) is 0 Å². The van der Waals surface area contributed by atoms with Crippen molar-refractivity contribution < 1.29 is 17.6 Å². The molecule has 160 valence electrons. The Morgan fingerprint density at radius 2 is 1.77 bits per heavy atom. The lowest BCUT2D eigenvalue weighted by molar-refractivity contribution is 0.0730. The molecule has 1 aliphatic rings. The van der Waals surface area contributed by atoms with Crippen LogP contribution < -0.4 is 5.32 Å². The number of hydrogen-bond acceptors (Lipinski definition) is 7. The number of hydrogen-bond donors (Lipinski definition) is 1. The highest BCUT2D eigenvalue weighted by Gasteiger charge is 2.26. The van der Waals surface area contributed by atoms with Gasteiger partial charge in [-0.2, -0.15) is 14.6 Å². The van der Waals surface area contributed by atoms with Crippen molar-refractivity contribution in [3.63, 3.8) is 0 Å². The molecule has 0 aliphatic carbocycles. The Morgan fingerprint density at radius 1 is 1.10 bits per heavy atom. The number of nitrogens with one attached hydrogen (secondary N) is 1. The predicted octanol–water partition coefficient (Wildman–Crippen LogP) is 3.41. The number of morpholine rings is 1. The molecule has 4 rings (SSSR count). The van der Waals surface area contributed by atoms with Crippen molar-refractivity contribution >= 4 is 15.9 Å². The van der Waals surface area contributed by atoms with Gasteiger partial charge >= 0.3 is 0 Å². The molecule has 1 saturated heterocycles. The number of sulfonamides is 1. The zero-order valence-corrected chi connectivity index (χ0v) is 17.8. The number of oxazole rings is 1. The zero-order chi connectivity index (χ0) is 21.8. The van der Waals surface area contributed by atoms with Gasteiger partial charge in [-0.05, 0) is 36.8 Å². The van der Waals surface area contributed by atoms with Crippen LogP contribution in [0.2, 0.25) is 0 Å². The number of anilines is 1. The monoisotopic (exact) mass is 438 g/mol. The molecule has 31 heavy (non-hydrogen) atoms. The highest BCUT2D eigenvalue weighted by Crippen LogP contribution is 2.29. The van der Waals surface area contributed by atoms with Crippen LogP contribution in [0.5, 0.6) is 0 Å². The fraction of sp³-hybridized carbons (Fsp3) is 0.273. The van der Waals surface area contributed by atoms with Crippen molar-refractivity contribution in [3.05, 3.63) is 65.9 Å². The van der Waals surface area contributed by atoms with E-state index >= 15 is 0 Å². The first-order valence-corrected chi connectivity index (χ1v) is 11.3. The second kappa shape index (κ2) is 8.89. The van der Waals surface area contributed by atoms with Gasteiger partial charge in [0.25, 0.3) is 0 Å². The molecule has 1 aromatic heterocycles. The summed E-state index contributed by atoms with van der Waals surface area (Å²) in [6, 6.07) is 18.0. The smallest absolute Gasteiger partial charge is 0.243 e. The highest BCUT2D eigenvalue weighted by molar-refractivity contribution is 7.89. The summed E-state index contributed by atoms with van der Waals surface area (Å²) in [6.45, 7) is 3.42. The number of nitriles is 1. The van der Waals surface area contributed by atoms with E-state index in [0.717, 1.165) is 5.56 Å². The Kier molecular flexibility index (Phi) is 6.04. The third kappa shape index (κ3) is 4.46. The van der Waals surface area contributed by atoms with E-state index in [9.17, 15) is 13.7 Å². The van der Waals surface area contributed by atoms with E-state index in [-0.39, 0.29) is 28.4 Å². The average molecular weight is 439 g/mol. The van der Waals surface area contributed by atoms with Gasteiger partial charge in [-0.25, -0.2) is 8.42 Å². The molecule has 0 bridgehead atoms. The first kappa shape index (κ1) is 21.1. The molecule has 2 aromatic carbocycles. The molecule has 1 aliphatic heterocycles. The van der Waals surface area contributed by atoms with Crippen LogP contribution in [0.1, 0.15) is 24.2 Å². The molecule has 0 radical (unpaired) electrons. The van der Waals surface area contributed by atoms with Crippen LogP contribution in [0.15, 0.2) is 63.9 Å². The van der Waals surface area contributed by atoms with E-state index in [2.05, 4.69) is 10.3 Å². The lowest BCUT2D eigenvalue weighted by Gasteiger charge is -2.26. The number of rotatable bonds is 6. The maximum Gasteiger partial charge on any atom is 0.243 e. The minimum atomic E-state index is -3.58. The zero-order valence-electron chi connectivity index (χ0n) is 17.0. The van der Waals surface area contributed by atoms with Gasteiger partial charge in [-0.15, -0.1) is 0 Å². The van der Waals surface area contributed by atoms with E-state index in [1.807, 2.05) is 43.3 Å². The normalized spacial score (nSPS) is 15.9. The molecule has 1 atom stereocenters. The fourth-order valence-electron chi connectivity index (χ4n) is 3.34. The van der Waals surface area contributed by atoms with Crippen LogP contribution in [-0.4, -0.2) is 44.0 Å². The summed E-state index contributed by atoms with van der Waals surface area (Å²) in [7, 11) is -3.58. The molecule has 2 heterocycles. The molecule has 1 N–H and O–H groups in total. The van der Waals surface area contributed by atoms with Crippen LogP contribution in [0.25, 0.3) is 11.5 Å². The summed E-state index contributed by atoms with van der Waals surface area (Å²) in [5, 5.41) is 12.6. The predicted molar refractivity (Wildman–Crippen MR) is 115 cm³/mol. The first-order valence-electron chi connectivity index (χ1n) is 9.90. The van der Waals surface area contributed by atoms with E-state index in [1.54, 1.807) is 12.1 Å². The van der Waals surface area contributed by atoms with Gasteiger partial charge in [0.2, 0.25) is 27.5 Å². The van der Waals surface area contributed by atoms with Gasteiger partial charge < -0.3 is 14.5 Å². The van der Waals surface area contributed by atoms with Crippen molar-refractivity contribution in [1.82, 2.24) is 9.29 Å². The molecule has 1 fully saturated rings. The molecule has 8 nitrogen and oxygen atoms in total. The lowest BCUT2D eigenvalue weighted by Crippen LogP contribution is -2.40. The van der Waals surface area contributed by atoms with Crippen LogP contribution in [0, 0.1) is 11.3 Å². The molecule has 0 unspecified atom stereocenters. The van der Waals surface area contributed by atoms with Gasteiger partial charge in [-0.1, -0.05) is 30.3 Å². The van der Waals surface area contributed by atoms with Gasteiger partial charge in [0.05, 0.1) is 24.2 Å². The van der Waals surface area contributed by atoms with Crippen LogP contribution in [0.4, 0.5) is 5.88 Å². The third-order valence-electron chi connectivity index (χ3n) is 5.09. The summed E-state index contributed by atoms with van der Waals surface area (Å²) in [5.74, 6) is 0.522. The maximum absolute atomic E-state index is 12.8. The Labute approximate surface area is 181 Å². The molecular weight excluding hydrogens is 416 g/mol. The minimum Gasteiger partial charge on any atom is -0.419 e. The van der Waals surface area contributed by atoms with Crippen molar-refractivity contribution in [1.29, 1.82) is 5.26 Å². The quantitative estimate of drug-likeness (QED) is 0.628. The van der Waals surface area contributed by atoms with E-state index in [4.69, 9.17) is 9.15 Å². The Bertz CT molecular complexity index is 1180. The topological polar surface area (TPSA) is 108 Å². The van der Waals surface area contributed by atoms with Crippen LogP contribution in [-0.2, 0) is 14.8 Å². The molecule has 0 spiro atoms. The summed E-state index contributed by atoms with van der Waals surface area (Å²) in [4.78, 5) is 4.46. The molecular formula is C22H22N4O4S. The van der Waals surface area contributed by atoms with Gasteiger partial charge in [0.1, 0.15) is 6.07 Å². The summed E-state index contributed by atoms with van der Waals surface area (Å²) < 4.78 is 38.0. The Morgan fingerprint density at radius 3 is 2.42 bits per heavy atom. The molecule has 0 amide bonds. The summed E-state index contributed by atoms with van der Waals surface area (Å²) in [5.41, 5.74) is 1.77. The second-order valence-electron chi connectivity index (χ2n) is 7.13. The average Bonchev–Trinajstić information content (AvgIpc) is 3.23. The number of aromatic nitrogens is 1.